The van der Waals surface area contributed by atoms with E-state index in [1.54, 1.807) is 5.38 Å². The van der Waals surface area contributed by atoms with Gasteiger partial charge in [-0.05, 0) is 23.6 Å². The summed E-state index contributed by atoms with van der Waals surface area (Å²) in [6.45, 7) is -0.716. The second kappa shape index (κ2) is 6.91. The SMILES string of the molecule is CN(CC(=O)Oc1ccccc1C(F)(F)F)S(=O)(=O)c1cccs1. The number of likely N-dealkylation sites (N-methyl/N-ethyl adjacent to an activating group) is 1. The number of rotatable bonds is 5. The third-order valence-corrected chi connectivity index (χ3v) is 6.10. The molecule has 0 saturated carbocycles. The molecule has 0 aliphatic rings. The van der Waals surface area contributed by atoms with Crippen LogP contribution in [0.15, 0.2) is 46.0 Å². The van der Waals surface area contributed by atoms with Crippen molar-refractivity contribution in [2.75, 3.05) is 13.6 Å². The minimum absolute atomic E-state index is 0.0218. The van der Waals surface area contributed by atoms with E-state index in [2.05, 4.69) is 0 Å². The minimum Gasteiger partial charge on any atom is -0.425 e. The molecule has 10 heteroatoms. The molecule has 0 bridgehead atoms. The predicted molar refractivity (Wildman–Crippen MR) is 81.2 cm³/mol. The van der Waals surface area contributed by atoms with Crippen LogP contribution in [-0.4, -0.2) is 32.3 Å². The van der Waals surface area contributed by atoms with Crippen LogP contribution in [0.2, 0.25) is 0 Å². The fraction of sp³-hybridized carbons (Fsp3) is 0.214. The van der Waals surface area contributed by atoms with Crippen LogP contribution < -0.4 is 4.74 Å². The number of thiophene rings is 1. The number of alkyl halides is 3. The van der Waals surface area contributed by atoms with Gasteiger partial charge < -0.3 is 4.74 Å². The van der Waals surface area contributed by atoms with Crippen molar-refractivity contribution in [1.29, 1.82) is 0 Å². The Bertz CT molecular complexity index is 817. The van der Waals surface area contributed by atoms with Gasteiger partial charge in [0.1, 0.15) is 16.5 Å². The number of esters is 1. The van der Waals surface area contributed by atoms with Gasteiger partial charge in [-0.2, -0.15) is 17.5 Å². The number of halogens is 3. The molecule has 0 aliphatic carbocycles. The molecule has 0 N–H and O–H groups in total. The number of nitrogens with zero attached hydrogens (tertiary/aromatic N) is 1. The van der Waals surface area contributed by atoms with E-state index in [4.69, 9.17) is 4.74 Å². The van der Waals surface area contributed by atoms with E-state index in [-0.39, 0.29) is 4.21 Å². The molecular formula is C14H12F3NO4S2. The summed E-state index contributed by atoms with van der Waals surface area (Å²) in [6.07, 6.45) is -4.69. The Labute approximate surface area is 140 Å². The summed E-state index contributed by atoms with van der Waals surface area (Å²) in [4.78, 5) is 11.8. The molecule has 130 valence electrons. The Morgan fingerprint density at radius 2 is 1.88 bits per heavy atom. The van der Waals surface area contributed by atoms with Crippen molar-refractivity contribution in [3.63, 3.8) is 0 Å². The van der Waals surface area contributed by atoms with E-state index in [1.165, 1.54) is 18.2 Å². The zero-order valence-corrected chi connectivity index (χ0v) is 13.9. The number of benzene rings is 1. The molecular weight excluding hydrogens is 367 g/mol. The second-order valence-corrected chi connectivity index (χ2v) is 7.88. The highest BCUT2D eigenvalue weighted by Gasteiger charge is 2.35. The van der Waals surface area contributed by atoms with E-state index >= 15 is 0 Å². The molecule has 0 spiro atoms. The monoisotopic (exact) mass is 379 g/mol. The first kappa shape index (κ1) is 18.4. The van der Waals surface area contributed by atoms with Gasteiger partial charge >= 0.3 is 12.1 Å². The number of carbonyl (C=O) groups excluding carboxylic acids is 1. The largest absolute Gasteiger partial charge is 0.425 e. The number of hydrogen-bond donors (Lipinski definition) is 0. The Morgan fingerprint density at radius 3 is 2.46 bits per heavy atom. The zero-order valence-electron chi connectivity index (χ0n) is 12.3. The lowest BCUT2D eigenvalue weighted by Gasteiger charge is -2.16. The fourth-order valence-electron chi connectivity index (χ4n) is 1.78. The van der Waals surface area contributed by atoms with Crippen LogP contribution in [0.25, 0.3) is 0 Å². The number of ether oxygens (including phenoxy) is 1. The van der Waals surface area contributed by atoms with Gasteiger partial charge in [-0.3, -0.25) is 4.79 Å². The molecule has 2 aromatic rings. The fourth-order valence-corrected chi connectivity index (χ4v) is 4.09. The van der Waals surface area contributed by atoms with Crippen LogP contribution >= 0.6 is 11.3 Å². The van der Waals surface area contributed by atoms with Crippen molar-refractivity contribution in [2.45, 2.75) is 10.4 Å². The first-order valence-corrected chi connectivity index (χ1v) is 8.81. The van der Waals surface area contributed by atoms with Crippen molar-refractivity contribution in [3.8, 4) is 5.75 Å². The Morgan fingerprint density at radius 1 is 1.21 bits per heavy atom. The second-order valence-electron chi connectivity index (χ2n) is 4.66. The summed E-state index contributed by atoms with van der Waals surface area (Å²) < 4.78 is 68.3. The van der Waals surface area contributed by atoms with E-state index in [0.717, 1.165) is 40.9 Å². The highest BCUT2D eigenvalue weighted by Crippen LogP contribution is 2.36. The average Bonchev–Trinajstić information content (AvgIpc) is 3.01. The molecule has 1 heterocycles. The lowest BCUT2D eigenvalue weighted by Crippen LogP contribution is -2.34. The molecule has 0 radical (unpaired) electrons. The van der Waals surface area contributed by atoms with Crippen LogP contribution in [0.3, 0.4) is 0 Å². The van der Waals surface area contributed by atoms with Gasteiger partial charge in [0.05, 0.1) is 5.56 Å². The van der Waals surface area contributed by atoms with Crippen LogP contribution in [-0.2, 0) is 21.0 Å². The van der Waals surface area contributed by atoms with Crippen LogP contribution in [0.5, 0.6) is 5.75 Å². The molecule has 24 heavy (non-hydrogen) atoms. The molecule has 0 fully saturated rings. The molecule has 1 aromatic carbocycles. The van der Waals surface area contributed by atoms with Gasteiger partial charge in [-0.15, -0.1) is 11.3 Å². The maximum atomic E-state index is 12.8. The van der Waals surface area contributed by atoms with E-state index in [9.17, 15) is 26.4 Å². The third-order valence-electron chi connectivity index (χ3n) is 2.93. The molecule has 2 rings (SSSR count). The van der Waals surface area contributed by atoms with Gasteiger partial charge in [0.2, 0.25) is 0 Å². The molecule has 0 saturated heterocycles. The number of carbonyl (C=O) groups is 1. The van der Waals surface area contributed by atoms with Crippen LogP contribution in [0, 0.1) is 0 Å². The van der Waals surface area contributed by atoms with Crippen molar-refractivity contribution in [1.82, 2.24) is 4.31 Å². The van der Waals surface area contributed by atoms with Crippen molar-refractivity contribution in [3.05, 3.63) is 47.3 Å². The lowest BCUT2D eigenvalue weighted by atomic mass is 10.2. The molecule has 0 aliphatic heterocycles. The van der Waals surface area contributed by atoms with Gasteiger partial charge in [0.25, 0.3) is 10.0 Å². The first-order valence-electron chi connectivity index (χ1n) is 6.49. The highest BCUT2D eigenvalue weighted by molar-refractivity contribution is 7.91. The molecule has 0 atom stereocenters. The molecule has 5 nitrogen and oxygen atoms in total. The third kappa shape index (κ3) is 4.13. The maximum Gasteiger partial charge on any atom is 0.419 e. The van der Waals surface area contributed by atoms with Crippen molar-refractivity contribution in [2.24, 2.45) is 0 Å². The van der Waals surface area contributed by atoms with Crippen molar-refractivity contribution < 1.29 is 31.1 Å². The lowest BCUT2D eigenvalue weighted by molar-refractivity contribution is -0.142. The smallest absolute Gasteiger partial charge is 0.419 e. The van der Waals surface area contributed by atoms with Gasteiger partial charge in [0.15, 0.2) is 0 Å². The Balaban J connectivity index is 2.12. The maximum absolute atomic E-state index is 12.8. The van der Waals surface area contributed by atoms with Gasteiger partial charge in [-0.1, -0.05) is 18.2 Å². The quantitative estimate of drug-likeness (QED) is 0.592. The summed E-state index contributed by atoms with van der Waals surface area (Å²) in [5.74, 6) is -1.79. The van der Waals surface area contributed by atoms with Crippen LogP contribution in [0.4, 0.5) is 13.2 Å². The van der Waals surface area contributed by atoms with E-state index in [1.807, 2.05) is 0 Å². The van der Waals surface area contributed by atoms with Gasteiger partial charge in [-0.25, -0.2) is 8.42 Å². The Hall–Kier alpha value is -1.91. The molecule has 1 aromatic heterocycles. The van der Waals surface area contributed by atoms with Crippen molar-refractivity contribution >= 4 is 27.3 Å². The molecule has 0 amide bonds. The summed E-state index contributed by atoms with van der Waals surface area (Å²) >= 11 is 0.965. The summed E-state index contributed by atoms with van der Waals surface area (Å²) in [7, 11) is -2.75. The Kier molecular flexibility index (Phi) is 5.31. The normalized spacial score (nSPS) is 12.4. The van der Waals surface area contributed by atoms with Gasteiger partial charge in [0, 0.05) is 7.05 Å². The topological polar surface area (TPSA) is 63.7 Å². The standard InChI is InChI=1S/C14H12F3NO4S2/c1-18(24(20,21)13-7-4-8-23-13)9-12(19)22-11-6-3-2-5-10(11)14(15,16)17/h2-8H,9H2,1H3. The predicted octanol–water partition coefficient (Wildman–Crippen LogP) is 2.99. The number of para-hydroxylation sites is 1. The first-order chi connectivity index (χ1) is 11.1. The summed E-state index contributed by atoms with van der Waals surface area (Å²) in [5.41, 5.74) is -1.11. The minimum atomic E-state index is -4.69. The summed E-state index contributed by atoms with van der Waals surface area (Å²) in [5, 5.41) is 1.55. The average molecular weight is 379 g/mol. The highest BCUT2D eigenvalue weighted by atomic mass is 32.2. The zero-order chi connectivity index (χ0) is 18.0. The summed E-state index contributed by atoms with van der Waals surface area (Å²) in [6, 6.07) is 7.10. The van der Waals surface area contributed by atoms with Crippen LogP contribution in [0.1, 0.15) is 5.56 Å². The number of hydrogen-bond acceptors (Lipinski definition) is 5. The van der Waals surface area contributed by atoms with E-state index in [0.29, 0.717) is 0 Å². The number of sulfonamides is 1. The van der Waals surface area contributed by atoms with E-state index < -0.39 is 40.0 Å². The molecule has 0 unspecified atom stereocenters.